The molecule has 0 aliphatic carbocycles. The third-order valence-electron chi connectivity index (χ3n) is 3.41. The van der Waals surface area contributed by atoms with Crippen LogP contribution >= 0.6 is 23.4 Å². The van der Waals surface area contributed by atoms with Crippen LogP contribution in [-0.4, -0.2) is 18.8 Å². The van der Waals surface area contributed by atoms with Gasteiger partial charge in [0.2, 0.25) is 5.91 Å². The van der Waals surface area contributed by atoms with Crippen LogP contribution in [0.4, 0.5) is 0 Å². The van der Waals surface area contributed by atoms with Crippen molar-refractivity contribution in [2.45, 2.75) is 18.7 Å². The molecule has 0 aliphatic rings. The quantitative estimate of drug-likeness (QED) is 0.802. The van der Waals surface area contributed by atoms with Gasteiger partial charge in [0.05, 0.1) is 18.9 Å². The molecule has 1 amide bonds. The zero-order valence-corrected chi connectivity index (χ0v) is 14.8. The van der Waals surface area contributed by atoms with E-state index in [-0.39, 0.29) is 11.9 Å². The van der Waals surface area contributed by atoms with Crippen LogP contribution in [0.3, 0.4) is 0 Å². The number of thioether (sulfide) groups is 1. The van der Waals surface area contributed by atoms with E-state index in [0.717, 1.165) is 27.7 Å². The standard InChI is InChI=1S/C18H20ClNO2S/c1-13(15-5-9-17(22-2)10-6-15)20-18(21)12-23-11-14-3-7-16(19)8-4-14/h3-10,13H,11-12H2,1-2H3,(H,20,21)/t13-/m1/s1. The molecule has 0 bridgehead atoms. The van der Waals surface area contributed by atoms with Crippen molar-refractivity contribution in [3.63, 3.8) is 0 Å². The van der Waals surface area contributed by atoms with Gasteiger partial charge in [-0.25, -0.2) is 0 Å². The van der Waals surface area contributed by atoms with Crippen LogP contribution in [0.1, 0.15) is 24.1 Å². The van der Waals surface area contributed by atoms with Crippen LogP contribution in [0.5, 0.6) is 5.75 Å². The molecule has 0 radical (unpaired) electrons. The first-order valence-electron chi connectivity index (χ1n) is 7.34. The summed E-state index contributed by atoms with van der Waals surface area (Å²) in [7, 11) is 1.64. The van der Waals surface area contributed by atoms with Gasteiger partial charge in [-0.05, 0) is 42.3 Å². The minimum Gasteiger partial charge on any atom is -0.497 e. The van der Waals surface area contributed by atoms with E-state index in [1.165, 1.54) is 0 Å². The van der Waals surface area contributed by atoms with E-state index in [9.17, 15) is 4.79 Å². The van der Waals surface area contributed by atoms with Crippen molar-refractivity contribution in [1.29, 1.82) is 0 Å². The number of hydrogen-bond acceptors (Lipinski definition) is 3. The van der Waals surface area contributed by atoms with Crippen molar-refractivity contribution >= 4 is 29.3 Å². The first-order valence-corrected chi connectivity index (χ1v) is 8.87. The van der Waals surface area contributed by atoms with E-state index < -0.39 is 0 Å². The van der Waals surface area contributed by atoms with Gasteiger partial charge < -0.3 is 10.1 Å². The minimum atomic E-state index is -0.0236. The zero-order valence-electron chi connectivity index (χ0n) is 13.2. The lowest BCUT2D eigenvalue weighted by atomic mass is 10.1. The van der Waals surface area contributed by atoms with Gasteiger partial charge in [-0.2, -0.15) is 0 Å². The summed E-state index contributed by atoms with van der Waals surface area (Å²) in [5.41, 5.74) is 2.22. The summed E-state index contributed by atoms with van der Waals surface area (Å²) in [5.74, 6) is 2.07. The van der Waals surface area contributed by atoms with Crippen molar-refractivity contribution in [3.05, 3.63) is 64.7 Å². The predicted molar refractivity (Wildman–Crippen MR) is 97.2 cm³/mol. The van der Waals surface area contributed by atoms with Gasteiger partial charge in [0.25, 0.3) is 0 Å². The van der Waals surface area contributed by atoms with Crippen molar-refractivity contribution in [1.82, 2.24) is 5.32 Å². The van der Waals surface area contributed by atoms with E-state index in [4.69, 9.17) is 16.3 Å². The average Bonchev–Trinajstić information content (AvgIpc) is 2.56. The van der Waals surface area contributed by atoms with E-state index in [1.54, 1.807) is 18.9 Å². The highest BCUT2D eigenvalue weighted by Gasteiger charge is 2.09. The maximum absolute atomic E-state index is 12.0. The van der Waals surface area contributed by atoms with Crippen LogP contribution < -0.4 is 10.1 Å². The van der Waals surface area contributed by atoms with E-state index in [0.29, 0.717) is 5.75 Å². The highest BCUT2D eigenvalue weighted by Crippen LogP contribution is 2.18. The molecule has 0 spiro atoms. The number of nitrogens with one attached hydrogen (secondary N) is 1. The normalized spacial score (nSPS) is 11.8. The summed E-state index contributed by atoms with van der Waals surface area (Å²) in [6.45, 7) is 1.98. The van der Waals surface area contributed by atoms with Crippen molar-refractivity contribution in [2.75, 3.05) is 12.9 Å². The van der Waals surface area contributed by atoms with Gasteiger partial charge in [-0.3, -0.25) is 4.79 Å². The van der Waals surface area contributed by atoms with Crippen LogP contribution in [0.15, 0.2) is 48.5 Å². The SMILES string of the molecule is COc1ccc([C@@H](C)NC(=O)CSCc2ccc(Cl)cc2)cc1. The number of hydrogen-bond donors (Lipinski definition) is 1. The smallest absolute Gasteiger partial charge is 0.230 e. The van der Waals surface area contributed by atoms with Crippen LogP contribution in [-0.2, 0) is 10.5 Å². The maximum Gasteiger partial charge on any atom is 0.230 e. The molecule has 23 heavy (non-hydrogen) atoms. The molecule has 0 saturated heterocycles. The molecule has 5 heteroatoms. The lowest BCUT2D eigenvalue weighted by Gasteiger charge is -2.14. The Morgan fingerprint density at radius 2 is 1.83 bits per heavy atom. The Labute approximate surface area is 146 Å². The molecule has 1 N–H and O–H groups in total. The first kappa shape index (κ1) is 17.7. The summed E-state index contributed by atoms with van der Waals surface area (Å²) >= 11 is 7.44. The summed E-state index contributed by atoms with van der Waals surface area (Å²) < 4.78 is 5.13. The number of carbonyl (C=O) groups excluding carboxylic acids is 1. The first-order chi connectivity index (χ1) is 11.1. The second kappa shape index (κ2) is 8.85. The Morgan fingerprint density at radius 1 is 1.17 bits per heavy atom. The maximum atomic E-state index is 12.0. The lowest BCUT2D eigenvalue weighted by molar-refractivity contribution is -0.119. The van der Waals surface area contributed by atoms with Crippen LogP contribution in [0.2, 0.25) is 5.02 Å². The molecule has 122 valence electrons. The second-order valence-corrected chi connectivity index (χ2v) is 6.60. The van der Waals surface area contributed by atoms with Crippen molar-refractivity contribution in [2.24, 2.45) is 0 Å². The van der Waals surface area contributed by atoms with Crippen LogP contribution in [0, 0.1) is 0 Å². The highest BCUT2D eigenvalue weighted by atomic mass is 35.5. The number of carbonyl (C=O) groups is 1. The van der Waals surface area contributed by atoms with E-state index in [1.807, 2.05) is 55.5 Å². The van der Waals surface area contributed by atoms with E-state index in [2.05, 4.69) is 5.32 Å². The number of benzene rings is 2. The predicted octanol–water partition coefficient (Wildman–Crippen LogP) is 4.46. The molecule has 0 fully saturated rings. The Morgan fingerprint density at radius 3 is 2.43 bits per heavy atom. The van der Waals surface area contributed by atoms with Gasteiger partial charge in [0, 0.05) is 10.8 Å². The Bertz CT molecular complexity index is 628. The molecule has 0 saturated carbocycles. The topological polar surface area (TPSA) is 38.3 Å². The Hall–Kier alpha value is -1.65. The number of ether oxygens (including phenoxy) is 1. The Kier molecular flexibility index (Phi) is 6.81. The summed E-state index contributed by atoms with van der Waals surface area (Å²) in [6.07, 6.45) is 0. The summed E-state index contributed by atoms with van der Waals surface area (Å²) in [6, 6.07) is 15.4. The third kappa shape index (κ3) is 5.81. The molecule has 0 heterocycles. The number of amides is 1. The van der Waals surface area contributed by atoms with Gasteiger partial charge in [0.15, 0.2) is 0 Å². The van der Waals surface area contributed by atoms with Gasteiger partial charge in [-0.15, -0.1) is 11.8 Å². The largest absolute Gasteiger partial charge is 0.497 e. The van der Waals surface area contributed by atoms with Gasteiger partial charge in [-0.1, -0.05) is 35.9 Å². The molecular formula is C18H20ClNO2S. The third-order valence-corrected chi connectivity index (χ3v) is 4.66. The van der Waals surface area contributed by atoms with Crippen LogP contribution in [0.25, 0.3) is 0 Å². The van der Waals surface area contributed by atoms with Crippen molar-refractivity contribution < 1.29 is 9.53 Å². The highest BCUT2D eigenvalue weighted by molar-refractivity contribution is 7.99. The number of halogens is 1. The molecule has 1 atom stereocenters. The molecule has 3 nitrogen and oxygen atoms in total. The molecule has 2 rings (SSSR count). The average molecular weight is 350 g/mol. The monoisotopic (exact) mass is 349 g/mol. The fourth-order valence-electron chi connectivity index (χ4n) is 2.10. The fourth-order valence-corrected chi connectivity index (χ4v) is 3.03. The molecule has 0 unspecified atom stereocenters. The minimum absolute atomic E-state index is 0.0236. The number of methoxy groups -OCH3 is 1. The fraction of sp³-hybridized carbons (Fsp3) is 0.278. The van der Waals surface area contributed by atoms with Crippen molar-refractivity contribution in [3.8, 4) is 5.75 Å². The molecular weight excluding hydrogens is 330 g/mol. The Balaban J connectivity index is 1.76. The second-order valence-electron chi connectivity index (χ2n) is 5.18. The molecule has 2 aromatic carbocycles. The molecule has 0 aromatic heterocycles. The molecule has 0 aliphatic heterocycles. The summed E-state index contributed by atoms with van der Waals surface area (Å²) in [5, 5.41) is 3.73. The van der Waals surface area contributed by atoms with E-state index >= 15 is 0 Å². The summed E-state index contributed by atoms with van der Waals surface area (Å²) in [4.78, 5) is 12.0. The number of rotatable bonds is 7. The lowest BCUT2D eigenvalue weighted by Crippen LogP contribution is -2.28. The zero-order chi connectivity index (χ0) is 16.7. The molecule has 2 aromatic rings. The van der Waals surface area contributed by atoms with Gasteiger partial charge >= 0.3 is 0 Å². The van der Waals surface area contributed by atoms with Gasteiger partial charge in [0.1, 0.15) is 5.75 Å².